The van der Waals surface area contributed by atoms with Crippen molar-refractivity contribution < 1.29 is 0 Å². The molecular formula is C11H22N2. The summed E-state index contributed by atoms with van der Waals surface area (Å²) in [4.78, 5) is 2.52. The van der Waals surface area contributed by atoms with Crippen molar-refractivity contribution in [3.63, 3.8) is 0 Å². The van der Waals surface area contributed by atoms with Gasteiger partial charge >= 0.3 is 0 Å². The highest BCUT2D eigenvalue weighted by molar-refractivity contribution is 5.07. The van der Waals surface area contributed by atoms with Crippen molar-refractivity contribution in [2.45, 2.75) is 26.2 Å². The lowest BCUT2D eigenvalue weighted by molar-refractivity contribution is 0.302. The first-order valence-corrected chi connectivity index (χ1v) is 5.41. The zero-order valence-corrected chi connectivity index (χ0v) is 8.97. The van der Waals surface area contributed by atoms with Crippen LogP contribution >= 0.6 is 0 Å². The lowest BCUT2D eigenvalue weighted by atomic mass is 10.0. The summed E-state index contributed by atoms with van der Waals surface area (Å²) >= 11 is 0. The van der Waals surface area contributed by atoms with Gasteiger partial charge in [0.1, 0.15) is 0 Å². The second-order valence-corrected chi connectivity index (χ2v) is 3.73. The van der Waals surface area contributed by atoms with E-state index in [2.05, 4.69) is 23.2 Å². The Hall–Kier alpha value is -0.340. The van der Waals surface area contributed by atoms with Crippen molar-refractivity contribution in [1.29, 1.82) is 0 Å². The first kappa shape index (κ1) is 10.7. The molecule has 1 aliphatic heterocycles. The molecule has 0 radical (unpaired) electrons. The minimum atomic E-state index is 1.14. The number of likely N-dealkylation sites (N-methyl/N-ethyl adjacent to an activating group) is 1. The molecule has 0 spiro atoms. The molecule has 0 fully saturated rings. The third kappa shape index (κ3) is 3.92. The van der Waals surface area contributed by atoms with Crippen LogP contribution in [0.25, 0.3) is 0 Å². The molecule has 0 aromatic heterocycles. The Balaban J connectivity index is 2.21. The number of rotatable bonds is 5. The molecule has 0 saturated heterocycles. The Morgan fingerprint density at radius 2 is 2.38 bits per heavy atom. The standard InChI is InChI=1S/C11H22N2/c1-3-13-9-5-7-11(10-13)6-4-8-12-2/h7,12H,3-6,8-10H2,1-2H3. The van der Waals surface area contributed by atoms with Gasteiger partial charge in [-0.3, -0.25) is 4.90 Å². The quantitative estimate of drug-likeness (QED) is 0.513. The molecule has 0 unspecified atom stereocenters. The maximum atomic E-state index is 3.19. The van der Waals surface area contributed by atoms with Gasteiger partial charge in [-0.15, -0.1) is 0 Å². The predicted molar refractivity (Wildman–Crippen MR) is 58.0 cm³/mol. The van der Waals surface area contributed by atoms with E-state index in [9.17, 15) is 0 Å². The molecule has 2 heteroatoms. The summed E-state index contributed by atoms with van der Waals surface area (Å²) in [6.45, 7) is 7.05. The predicted octanol–water partition coefficient (Wildman–Crippen LogP) is 1.64. The largest absolute Gasteiger partial charge is 0.320 e. The van der Waals surface area contributed by atoms with Crippen LogP contribution in [-0.4, -0.2) is 38.1 Å². The third-order valence-electron chi connectivity index (χ3n) is 2.68. The van der Waals surface area contributed by atoms with Gasteiger partial charge in [0.25, 0.3) is 0 Å². The van der Waals surface area contributed by atoms with Crippen LogP contribution in [0.1, 0.15) is 26.2 Å². The maximum absolute atomic E-state index is 3.19. The van der Waals surface area contributed by atoms with Crippen molar-refractivity contribution in [2.24, 2.45) is 0 Å². The van der Waals surface area contributed by atoms with Crippen LogP contribution in [0.2, 0.25) is 0 Å². The Labute approximate surface area is 82.0 Å². The van der Waals surface area contributed by atoms with Crippen LogP contribution in [0, 0.1) is 0 Å². The SMILES string of the molecule is CCN1CCC=C(CCCNC)C1. The van der Waals surface area contributed by atoms with Gasteiger partial charge in [-0.25, -0.2) is 0 Å². The normalized spacial score (nSPS) is 18.8. The fourth-order valence-corrected chi connectivity index (χ4v) is 1.83. The highest BCUT2D eigenvalue weighted by Gasteiger charge is 2.09. The van der Waals surface area contributed by atoms with E-state index in [0.29, 0.717) is 0 Å². The molecule has 1 heterocycles. The van der Waals surface area contributed by atoms with E-state index in [1.165, 1.54) is 38.9 Å². The first-order chi connectivity index (χ1) is 6.36. The summed E-state index contributed by atoms with van der Waals surface area (Å²) in [7, 11) is 2.02. The van der Waals surface area contributed by atoms with E-state index in [1.54, 1.807) is 5.57 Å². The van der Waals surface area contributed by atoms with Crippen LogP contribution in [0.4, 0.5) is 0 Å². The second kappa shape index (κ2) is 6.17. The highest BCUT2D eigenvalue weighted by Crippen LogP contribution is 2.13. The Bertz CT molecular complexity index is 163. The lowest BCUT2D eigenvalue weighted by Crippen LogP contribution is -2.29. The van der Waals surface area contributed by atoms with Crippen LogP contribution in [0.15, 0.2) is 11.6 Å². The molecule has 13 heavy (non-hydrogen) atoms. The van der Waals surface area contributed by atoms with E-state index in [0.717, 1.165) is 6.54 Å². The molecule has 0 bridgehead atoms. The zero-order valence-electron chi connectivity index (χ0n) is 8.97. The fourth-order valence-electron chi connectivity index (χ4n) is 1.83. The molecule has 0 aromatic rings. The van der Waals surface area contributed by atoms with Gasteiger partial charge in [-0.1, -0.05) is 18.6 Å². The molecule has 1 aliphatic rings. The molecule has 0 amide bonds. The van der Waals surface area contributed by atoms with Gasteiger partial charge < -0.3 is 5.32 Å². The molecule has 1 rings (SSSR count). The van der Waals surface area contributed by atoms with Crippen molar-refractivity contribution in [3.05, 3.63) is 11.6 Å². The lowest BCUT2D eigenvalue weighted by Gasteiger charge is -2.25. The zero-order chi connectivity index (χ0) is 9.52. The van der Waals surface area contributed by atoms with Crippen molar-refractivity contribution >= 4 is 0 Å². The van der Waals surface area contributed by atoms with E-state index < -0.39 is 0 Å². The molecule has 1 N–H and O–H groups in total. The summed E-state index contributed by atoms with van der Waals surface area (Å²) in [6, 6.07) is 0. The average molecular weight is 182 g/mol. The van der Waals surface area contributed by atoms with E-state index in [4.69, 9.17) is 0 Å². The molecule has 0 aromatic carbocycles. The summed E-state index contributed by atoms with van der Waals surface area (Å²) in [6.07, 6.45) is 6.24. The second-order valence-electron chi connectivity index (χ2n) is 3.73. The van der Waals surface area contributed by atoms with Crippen LogP contribution < -0.4 is 5.32 Å². The average Bonchev–Trinajstić information content (AvgIpc) is 2.19. The van der Waals surface area contributed by atoms with Gasteiger partial charge in [-0.2, -0.15) is 0 Å². The van der Waals surface area contributed by atoms with E-state index >= 15 is 0 Å². The maximum Gasteiger partial charge on any atom is 0.0192 e. The summed E-state index contributed by atoms with van der Waals surface area (Å²) in [5.74, 6) is 0. The topological polar surface area (TPSA) is 15.3 Å². The molecule has 0 atom stereocenters. The summed E-state index contributed by atoms with van der Waals surface area (Å²) < 4.78 is 0. The highest BCUT2D eigenvalue weighted by atomic mass is 15.1. The van der Waals surface area contributed by atoms with E-state index in [1.807, 2.05) is 7.05 Å². The molecule has 0 aliphatic carbocycles. The van der Waals surface area contributed by atoms with Gasteiger partial charge in [0.2, 0.25) is 0 Å². The minimum absolute atomic E-state index is 1.14. The first-order valence-electron chi connectivity index (χ1n) is 5.41. The molecule has 2 nitrogen and oxygen atoms in total. The number of nitrogens with one attached hydrogen (secondary N) is 1. The number of hydrogen-bond donors (Lipinski definition) is 1. The van der Waals surface area contributed by atoms with Crippen molar-refractivity contribution in [1.82, 2.24) is 10.2 Å². The van der Waals surface area contributed by atoms with E-state index in [-0.39, 0.29) is 0 Å². The Morgan fingerprint density at radius 1 is 1.54 bits per heavy atom. The summed E-state index contributed by atoms with van der Waals surface area (Å²) in [5.41, 5.74) is 1.64. The molecular weight excluding hydrogens is 160 g/mol. The third-order valence-corrected chi connectivity index (χ3v) is 2.68. The van der Waals surface area contributed by atoms with Crippen molar-refractivity contribution in [2.75, 3.05) is 33.2 Å². The van der Waals surface area contributed by atoms with Gasteiger partial charge in [0.05, 0.1) is 0 Å². The van der Waals surface area contributed by atoms with Crippen LogP contribution in [0.5, 0.6) is 0 Å². The Kier molecular flexibility index (Phi) is 5.09. The molecule has 0 saturated carbocycles. The summed E-state index contributed by atoms with van der Waals surface area (Å²) in [5, 5.41) is 3.19. The van der Waals surface area contributed by atoms with Crippen LogP contribution in [-0.2, 0) is 0 Å². The van der Waals surface area contributed by atoms with Crippen molar-refractivity contribution in [3.8, 4) is 0 Å². The van der Waals surface area contributed by atoms with Gasteiger partial charge in [0.15, 0.2) is 0 Å². The number of hydrogen-bond acceptors (Lipinski definition) is 2. The monoisotopic (exact) mass is 182 g/mol. The minimum Gasteiger partial charge on any atom is -0.320 e. The number of nitrogens with zero attached hydrogens (tertiary/aromatic N) is 1. The van der Waals surface area contributed by atoms with Gasteiger partial charge in [-0.05, 0) is 39.4 Å². The fraction of sp³-hybridized carbons (Fsp3) is 0.818. The van der Waals surface area contributed by atoms with Gasteiger partial charge in [0, 0.05) is 13.1 Å². The van der Waals surface area contributed by atoms with Crippen LogP contribution in [0.3, 0.4) is 0 Å². The molecule has 76 valence electrons. The smallest absolute Gasteiger partial charge is 0.0192 e. The Morgan fingerprint density at radius 3 is 3.08 bits per heavy atom.